The minimum atomic E-state index is -2.75. The Kier molecular flexibility index (Phi) is 1.90. The van der Waals surface area contributed by atoms with Crippen molar-refractivity contribution in [2.24, 2.45) is 0 Å². The van der Waals surface area contributed by atoms with Crippen LogP contribution in [-0.4, -0.2) is 39.8 Å². The lowest BCUT2D eigenvalue weighted by Crippen LogP contribution is -2.58. The summed E-state index contributed by atoms with van der Waals surface area (Å²) in [7, 11) is 0. The molecule has 2 rings (SSSR count). The van der Waals surface area contributed by atoms with Crippen molar-refractivity contribution >= 4 is 5.91 Å². The van der Waals surface area contributed by atoms with E-state index in [1.165, 1.54) is 12.4 Å². The van der Waals surface area contributed by atoms with Crippen molar-refractivity contribution in [3.05, 3.63) is 24.3 Å². The minimum absolute atomic E-state index is 0.0389. The van der Waals surface area contributed by atoms with E-state index in [4.69, 9.17) is 0 Å². The van der Waals surface area contributed by atoms with E-state index in [9.17, 15) is 13.6 Å². The van der Waals surface area contributed by atoms with Crippen LogP contribution in [0.1, 0.15) is 10.6 Å². The summed E-state index contributed by atoms with van der Waals surface area (Å²) in [6.45, 7) is -1.08. The fraction of sp³-hybridized carbons (Fsp3) is 0.375. The average molecular weight is 199 g/mol. The molecule has 0 aromatic carbocycles. The zero-order chi connectivity index (χ0) is 10.2. The van der Waals surface area contributed by atoms with Gasteiger partial charge in [0.25, 0.3) is 11.8 Å². The molecule has 14 heavy (non-hydrogen) atoms. The fourth-order valence-corrected chi connectivity index (χ4v) is 1.21. The van der Waals surface area contributed by atoms with Gasteiger partial charge in [0.1, 0.15) is 0 Å². The Morgan fingerprint density at radius 3 is 2.43 bits per heavy atom. The van der Waals surface area contributed by atoms with E-state index in [-0.39, 0.29) is 5.82 Å². The largest absolute Gasteiger partial charge is 0.324 e. The molecule has 2 heterocycles. The lowest BCUT2D eigenvalue weighted by molar-refractivity contribution is -0.113. The van der Waals surface area contributed by atoms with Crippen LogP contribution in [0.15, 0.2) is 18.5 Å². The van der Waals surface area contributed by atoms with Crippen LogP contribution < -0.4 is 0 Å². The highest BCUT2D eigenvalue weighted by atomic mass is 19.3. The van der Waals surface area contributed by atoms with Gasteiger partial charge in [-0.3, -0.25) is 4.79 Å². The maximum Gasteiger partial charge on any atom is 0.292 e. The molecule has 0 atom stereocenters. The third-order valence-corrected chi connectivity index (χ3v) is 1.89. The highest BCUT2D eigenvalue weighted by Crippen LogP contribution is 2.27. The molecule has 1 fully saturated rings. The molecule has 0 unspecified atom stereocenters. The Bertz CT molecular complexity index is 347. The highest BCUT2D eigenvalue weighted by molar-refractivity contribution is 5.91. The number of likely N-dealkylation sites (tertiary alicyclic amines) is 1. The van der Waals surface area contributed by atoms with Crippen LogP contribution in [0.5, 0.6) is 0 Å². The van der Waals surface area contributed by atoms with Crippen molar-refractivity contribution in [1.29, 1.82) is 0 Å². The Labute approximate surface area is 78.6 Å². The summed E-state index contributed by atoms with van der Waals surface area (Å²) in [5, 5.41) is 0. The molecule has 0 spiro atoms. The van der Waals surface area contributed by atoms with E-state index in [0.717, 1.165) is 4.90 Å². The number of rotatable bonds is 1. The fourth-order valence-electron chi connectivity index (χ4n) is 1.21. The maximum atomic E-state index is 12.4. The number of carbonyl (C=O) groups is 1. The first kappa shape index (κ1) is 8.98. The summed E-state index contributed by atoms with van der Waals surface area (Å²) in [5.74, 6) is -3.33. The Hall–Kier alpha value is -1.59. The Morgan fingerprint density at radius 2 is 1.93 bits per heavy atom. The molecular formula is C8H7F2N3O. The van der Waals surface area contributed by atoms with Gasteiger partial charge in [-0.25, -0.2) is 18.7 Å². The zero-order valence-electron chi connectivity index (χ0n) is 7.15. The van der Waals surface area contributed by atoms with Gasteiger partial charge in [0, 0.05) is 12.4 Å². The van der Waals surface area contributed by atoms with E-state index < -0.39 is 24.9 Å². The van der Waals surface area contributed by atoms with Crippen molar-refractivity contribution in [3.63, 3.8) is 0 Å². The molecular weight excluding hydrogens is 192 g/mol. The van der Waals surface area contributed by atoms with Crippen LogP contribution in [-0.2, 0) is 0 Å². The second kappa shape index (κ2) is 2.97. The standard InChI is InChI=1S/C8H7F2N3O/c9-8(10)4-13(5-8)7(14)6-11-2-1-3-12-6/h1-3H,4-5H2. The quantitative estimate of drug-likeness (QED) is 0.664. The molecule has 6 heteroatoms. The number of hydrogen-bond donors (Lipinski definition) is 0. The van der Waals surface area contributed by atoms with E-state index >= 15 is 0 Å². The predicted octanol–water partition coefficient (Wildman–Crippen LogP) is 0.568. The van der Waals surface area contributed by atoms with E-state index in [0.29, 0.717) is 0 Å². The molecule has 1 saturated heterocycles. The number of halogens is 2. The number of amides is 1. The molecule has 74 valence electrons. The Balaban J connectivity index is 2.05. The number of carbonyl (C=O) groups excluding carboxylic acids is 1. The summed E-state index contributed by atoms with van der Waals surface area (Å²) in [5.41, 5.74) is 0. The van der Waals surface area contributed by atoms with Gasteiger partial charge in [-0.15, -0.1) is 0 Å². The van der Waals surface area contributed by atoms with Crippen molar-refractivity contribution in [2.45, 2.75) is 5.92 Å². The van der Waals surface area contributed by atoms with Crippen molar-refractivity contribution in [2.75, 3.05) is 13.1 Å². The van der Waals surface area contributed by atoms with Gasteiger partial charge in [0.05, 0.1) is 13.1 Å². The number of hydrogen-bond acceptors (Lipinski definition) is 3. The van der Waals surface area contributed by atoms with E-state index in [2.05, 4.69) is 9.97 Å². The maximum absolute atomic E-state index is 12.4. The molecule has 1 aromatic heterocycles. The molecule has 0 aliphatic carbocycles. The summed E-state index contributed by atoms with van der Waals surface area (Å²) >= 11 is 0. The third-order valence-electron chi connectivity index (χ3n) is 1.89. The normalized spacial score (nSPS) is 18.9. The topological polar surface area (TPSA) is 46.1 Å². The van der Waals surface area contributed by atoms with Crippen LogP contribution in [0, 0.1) is 0 Å². The van der Waals surface area contributed by atoms with E-state index in [1.54, 1.807) is 6.07 Å². The molecule has 0 N–H and O–H groups in total. The van der Waals surface area contributed by atoms with Gasteiger partial charge < -0.3 is 4.90 Å². The monoisotopic (exact) mass is 199 g/mol. The molecule has 4 nitrogen and oxygen atoms in total. The molecule has 1 amide bonds. The second-order valence-corrected chi connectivity index (χ2v) is 3.09. The molecule has 0 radical (unpaired) electrons. The first-order valence-corrected chi connectivity index (χ1v) is 4.03. The van der Waals surface area contributed by atoms with Crippen molar-refractivity contribution in [3.8, 4) is 0 Å². The van der Waals surface area contributed by atoms with Gasteiger partial charge in [-0.1, -0.05) is 0 Å². The molecule has 1 aliphatic rings. The summed E-state index contributed by atoms with van der Waals surface area (Å²) in [6.07, 6.45) is 2.80. The van der Waals surface area contributed by atoms with Crippen LogP contribution in [0.2, 0.25) is 0 Å². The van der Waals surface area contributed by atoms with E-state index in [1.807, 2.05) is 0 Å². The van der Waals surface area contributed by atoms with Crippen molar-refractivity contribution < 1.29 is 13.6 Å². The lowest BCUT2D eigenvalue weighted by atomic mass is 10.1. The van der Waals surface area contributed by atoms with Gasteiger partial charge in [0.15, 0.2) is 0 Å². The first-order chi connectivity index (χ1) is 6.58. The number of nitrogens with zero attached hydrogens (tertiary/aromatic N) is 3. The van der Waals surface area contributed by atoms with Crippen LogP contribution in [0.4, 0.5) is 8.78 Å². The Morgan fingerprint density at radius 1 is 1.36 bits per heavy atom. The zero-order valence-corrected chi connectivity index (χ0v) is 7.15. The van der Waals surface area contributed by atoms with Crippen LogP contribution in [0.3, 0.4) is 0 Å². The minimum Gasteiger partial charge on any atom is -0.324 e. The average Bonchev–Trinajstić information content (AvgIpc) is 2.14. The number of alkyl halides is 2. The second-order valence-electron chi connectivity index (χ2n) is 3.09. The number of aromatic nitrogens is 2. The third kappa shape index (κ3) is 1.55. The molecule has 0 bridgehead atoms. The van der Waals surface area contributed by atoms with Crippen LogP contribution >= 0.6 is 0 Å². The molecule has 0 saturated carbocycles. The van der Waals surface area contributed by atoms with Gasteiger partial charge in [-0.2, -0.15) is 0 Å². The van der Waals surface area contributed by atoms with Gasteiger partial charge in [-0.05, 0) is 6.07 Å². The lowest BCUT2D eigenvalue weighted by Gasteiger charge is -2.37. The molecule has 1 aromatic rings. The SMILES string of the molecule is O=C(c1ncccn1)N1CC(F)(F)C1. The summed E-state index contributed by atoms with van der Waals surface area (Å²) in [4.78, 5) is 19.8. The summed E-state index contributed by atoms with van der Waals surface area (Å²) in [6, 6.07) is 1.56. The van der Waals surface area contributed by atoms with Crippen molar-refractivity contribution in [1.82, 2.24) is 14.9 Å². The molecule has 1 aliphatic heterocycles. The first-order valence-electron chi connectivity index (χ1n) is 4.03. The van der Waals surface area contributed by atoms with Crippen LogP contribution in [0.25, 0.3) is 0 Å². The van der Waals surface area contributed by atoms with Gasteiger partial charge in [0.2, 0.25) is 5.82 Å². The smallest absolute Gasteiger partial charge is 0.292 e. The predicted molar refractivity (Wildman–Crippen MR) is 42.9 cm³/mol. The highest BCUT2D eigenvalue weighted by Gasteiger charge is 2.46. The summed E-state index contributed by atoms with van der Waals surface area (Å²) < 4.78 is 24.9. The van der Waals surface area contributed by atoms with Gasteiger partial charge >= 0.3 is 0 Å².